The number of aliphatic hydroxyl groups is 1. The van der Waals surface area contributed by atoms with E-state index in [0.29, 0.717) is 5.76 Å². The predicted molar refractivity (Wildman–Crippen MR) is 71.2 cm³/mol. The quantitative estimate of drug-likeness (QED) is 0.791. The normalized spacial score (nSPS) is 29.2. The summed E-state index contributed by atoms with van der Waals surface area (Å²) in [6, 6.07) is 0. The van der Waals surface area contributed by atoms with E-state index in [1.807, 2.05) is 5.01 Å². The minimum atomic E-state index is 0.283. The Morgan fingerprint density at radius 3 is 2.83 bits per heavy atom. The molecule has 1 atom stereocenters. The van der Waals surface area contributed by atoms with Gasteiger partial charge in [0.15, 0.2) is 0 Å². The first-order chi connectivity index (χ1) is 8.79. The first kappa shape index (κ1) is 11.7. The van der Waals surface area contributed by atoms with Crippen LogP contribution in [-0.2, 0) is 0 Å². The summed E-state index contributed by atoms with van der Waals surface area (Å²) in [4.78, 5) is 4.93. The van der Waals surface area contributed by atoms with Crippen LogP contribution in [-0.4, -0.2) is 65.0 Å². The molecule has 1 fully saturated rings. The topological polar surface area (TPSA) is 42.3 Å². The van der Waals surface area contributed by atoms with Gasteiger partial charge in [-0.2, -0.15) is 5.10 Å². The van der Waals surface area contributed by atoms with Crippen LogP contribution in [0.1, 0.15) is 13.3 Å². The Balaban J connectivity index is 1.66. The summed E-state index contributed by atoms with van der Waals surface area (Å²) in [6.07, 6.45) is 6.63. The molecule has 98 valence electrons. The molecule has 0 aromatic heterocycles. The van der Waals surface area contributed by atoms with Gasteiger partial charge in [0, 0.05) is 38.7 Å². The zero-order valence-electron chi connectivity index (χ0n) is 10.8. The van der Waals surface area contributed by atoms with Gasteiger partial charge in [0.25, 0.3) is 0 Å². The number of hydrogen-bond donors (Lipinski definition) is 1. The lowest BCUT2D eigenvalue weighted by molar-refractivity contribution is 0.0362. The fraction of sp³-hybridized carbons (Fsp3) is 0.615. The zero-order chi connectivity index (χ0) is 12.5. The highest BCUT2D eigenvalue weighted by molar-refractivity contribution is 5.74. The van der Waals surface area contributed by atoms with Gasteiger partial charge in [0.05, 0.1) is 11.9 Å². The number of allylic oxidation sites excluding steroid dienone is 1. The zero-order valence-corrected chi connectivity index (χ0v) is 10.8. The van der Waals surface area contributed by atoms with Crippen LogP contribution in [0.5, 0.6) is 0 Å². The van der Waals surface area contributed by atoms with Crippen LogP contribution < -0.4 is 0 Å². The van der Waals surface area contributed by atoms with Crippen LogP contribution >= 0.6 is 0 Å². The highest BCUT2D eigenvalue weighted by atomic mass is 16.3. The van der Waals surface area contributed by atoms with Gasteiger partial charge in [-0.3, -0.25) is 4.90 Å². The van der Waals surface area contributed by atoms with E-state index in [2.05, 4.69) is 27.9 Å². The molecule has 18 heavy (non-hydrogen) atoms. The lowest BCUT2D eigenvalue weighted by atomic mass is 10.2. The molecule has 3 rings (SSSR count). The van der Waals surface area contributed by atoms with Crippen LogP contribution in [0.4, 0.5) is 0 Å². The molecule has 0 radical (unpaired) electrons. The number of likely N-dealkylation sites (N-methyl/N-ethyl adjacent to an activating group) is 1. The Hall–Kier alpha value is -1.33. The molecule has 0 aliphatic carbocycles. The van der Waals surface area contributed by atoms with Crippen molar-refractivity contribution in [1.82, 2.24) is 14.8 Å². The molecule has 3 heterocycles. The number of fused-ring (bicyclic) bond motifs is 1. The standard InChI is InChI=1S/C13H20N4O/c1-2-15-7-9-16(10-8-15)13-4-3-11-12(18)5-6-14-17(11)13/h3,5-6,13,18H,2,4,7-10H2,1H3. The predicted octanol–water partition coefficient (Wildman–Crippen LogP) is 0.981. The second-order valence-corrected chi connectivity index (χ2v) is 4.94. The largest absolute Gasteiger partial charge is 0.506 e. The summed E-state index contributed by atoms with van der Waals surface area (Å²) < 4.78 is 0. The van der Waals surface area contributed by atoms with Crippen molar-refractivity contribution in [2.75, 3.05) is 32.7 Å². The van der Waals surface area contributed by atoms with Gasteiger partial charge >= 0.3 is 0 Å². The Morgan fingerprint density at radius 2 is 2.11 bits per heavy atom. The summed E-state index contributed by atoms with van der Waals surface area (Å²) in [7, 11) is 0. The van der Waals surface area contributed by atoms with Crippen molar-refractivity contribution in [3.8, 4) is 0 Å². The van der Waals surface area contributed by atoms with Crippen molar-refractivity contribution in [2.24, 2.45) is 5.10 Å². The molecular weight excluding hydrogens is 228 g/mol. The van der Waals surface area contributed by atoms with E-state index in [0.717, 1.165) is 44.8 Å². The average molecular weight is 248 g/mol. The Bertz CT molecular complexity index is 407. The summed E-state index contributed by atoms with van der Waals surface area (Å²) in [5, 5.41) is 16.2. The van der Waals surface area contributed by atoms with E-state index >= 15 is 0 Å². The van der Waals surface area contributed by atoms with Crippen LogP contribution in [0.3, 0.4) is 0 Å². The molecule has 0 spiro atoms. The van der Waals surface area contributed by atoms with Crippen molar-refractivity contribution in [3.63, 3.8) is 0 Å². The molecule has 0 saturated carbocycles. The van der Waals surface area contributed by atoms with Crippen molar-refractivity contribution >= 4 is 6.21 Å². The van der Waals surface area contributed by atoms with E-state index in [-0.39, 0.29) is 6.17 Å². The fourth-order valence-corrected chi connectivity index (χ4v) is 2.87. The Morgan fingerprint density at radius 1 is 1.33 bits per heavy atom. The average Bonchev–Trinajstić information content (AvgIpc) is 2.84. The SMILES string of the molecule is CCN1CCN(C2CC=C3C(O)=CC=NN32)CC1. The fourth-order valence-electron chi connectivity index (χ4n) is 2.87. The molecule has 5 nitrogen and oxygen atoms in total. The van der Waals surface area contributed by atoms with Gasteiger partial charge in [-0.05, 0) is 6.54 Å². The van der Waals surface area contributed by atoms with E-state index < -0.39 is 0 Å². The van der Waals surface area contributed by atoms with E-state index in [9.17, 15) is 5.11 Å². The van der Waals surface area contributed by atoms with Crippen molar-refractivity contribution in [2.45, 2.75) is 19.5 Å². The van der Waals surface area contributed by atoms with E-state index in [1.54, 1.807) is 12.3 Å². The van der Waals surface area contributed by atoms with Gasteiger partial charge in [-0.25, -0.2) is 5.01 Å². The molecular formula is C13H20N4O. The number of hydrazone groups is 1. The molecule has 0 aromatic carbocycles. The maximum absolute atomic E-state index is 9.81. The smallest absolute Gasteiger partial charge is 0.142 e. The van der Waals surface area contributed by atoms with E-state index in [1.165, 1.54) is 0 Å². The molecule has 0 bridgehead atoms. The third kappa shape index (κ3) is 1.93. The third-order valence-electron chi connectivity index (χ3n) is 4.01. The maximum Gasteiger partial charge on any atom is 0.142 e. The summed E-state index contributed by atoms with van der Waals surface area (Å²) >= 11 is 0. The van der Waals surface area contributed by atoms with Gasteiger partial charge < -0.3 is 10.0 Å². The van der Waals surface area contributed by atoms with Crippen LogP contribution in [0.2, 0.25) is 0 Å². The summed E-state index contributed by atoms with van der Waals surface area (Å²) in [5.41, 5.74) is 0.862. The highest BCUT2D eigenvalue weighted by Gasteiger charge is 2.34. The molecule has 3 aliphatic heterocycles. The minimum Gasteiger partial charge on any atom is -0.506 e. The van der Waals surface area contributed by atoms with Crippen LogP contribution in [0.25, 0.3) is 0 Å². The number of aliphatic hydroxyl groups excluding tert-OH is 1. The van der Waals surface area contributed by atoms with Crippen molar-refractivity contribution < 1.29 is 5.11 Å². The molecule has 5 heteroatoms. The molecule has 0 amide bonds. The van der Waals surface area contributed by atoms with Gasteiger partial charge in [0.1, 0.15) is 11.9 Å². The molecule has 0 aromatic rings. The second-order valence-electron chi connectivity index (χ2n) is 4.94. The van der Waals surface area contributed by atoms with Crippen LogP contribution in [0.15, 0.2) is 28.7 Å². The monoisotopic (exact) mass is 248 g/mol. The third-order valence-corrected chi connectivity index (χ3v) is 4.01. The minimum absolute atomic E-state index is 0.283. The highest BCUT2D eigenvalue weighted by Crippen LogP contribution is 2.30. The lowest BCUT2D eigenvalue weighted by Gasteiger charge is -2.40. The molecule has 1 N–H and O–H groups in total. The first-order valence-electron chi connectivity index (χ1n) is 6.69. The Labute approximate surface area is 108 Å². The van der Waals surface area contributed by atoms with Gasteiger partial charge in [-0.15, -0.1) is 0 Å². The molecule has 1 saturated heterocycles. The van der Waals surface area contributed by atoms with Crippen molar-refractivity contribution in [1.29, 1.82) is 0 Å². The number of hydrogen-bond acceptors (Lipinski definition) is 5. The second kappa shape index (κ2) is 4.74. The summed E-state index contributed by atoms with van der Waals surface area (Å²) in [6.45, 7) is 7.76. The van der Waals surface area contributed by atoms with Gasteiger partial charge in [-0.1, -0.05) is 13.0 Å². The number of piperazine rings is 1. The number of rotatable bonds is 2. The van der Waals surface area contributed by atoms with E-state index in [4.69, 9.17) is 0 Å². The Kier molecular flexibility index (Phi) is 3.09. The van der Waals surface area contributed by atoms with Gasteiger partial charge in [0.2, 0.25) is 0 Å². The molecule has 1 unspecified atom stereocenters. The maximum atomic E-state index is 9.81. The number of nitrogens with zero attached hydrogens (tertiary/aromatic N) is 4. The lowest BCUT2D eigenvalue weighted by Crippen LogP contribution is -2.53. The first-order valence-corrected chi connectivity index (χ1v) is 6.69. The van der Waals surface area contributed by atoms with Crippen molar-refractivity contribution in [3.05, 3.63) is 23.6 Å². The molecule has 3 aliphatic rings. The van der Waals surface area contributed by atoms with Crippen LogP contribution in [0, 0.1) is 0 Å². The summed E-state index contributed by atoms with van der Waals surface area (Å²) in [5.74, 6) is 0.333.